The molecular weight excluding hydrogens is 514 g/mol. The second-order valence-corrected chi connectivity index (χ2v) is 12.6. The molecule has 210 valence electrons. The third kappa shape index (κ3) is 15.2. The van der Waals surface area contributed by atoms with Gasteiger partial charge in [0.15, 0.2) is 0 Å². The van der Waals surface area contributed by atoms with E-state index in [4.69, 9.17) is 37.0 Å². The highest BCUT2D eigenvalue weighted by atomic mass is 31.2. The fourth-order valence-electron chi connectivity index (χ4n) is 2.70. The molecule has 1 heterocycles. The summed E-state index contributed by atoms with van der Waals surface area (Å²) in [6, 6.07) is 1.52. The van der Waals surface area contributed by atoms with Gasteiger partial charge >= 0.3 is 15.2 Å². The SMILES string of the molecule is CC(C)OP(=O)(COCCOc1cc(OCCOCP(=O)(OC(C)C)OC(C)C)ncn1)OC(C)C. The van der Waals surface area contributed by atoms with Gasteiger partial charge in [0.05, 0.1) is 43.7 Å². The Kier molecular flexibility index (Phi) is 15.3. The lowest BCUT2D eigenvalue weighted by molar-refractivity contribution is 0.0833. The highest BCUT2D eigenvalue weighted by molar-refractivity contribution is 7.53. The molecule has 0 N–H and O–H groups in total. The molecule has 1 rings (SSSR count). The number of aromatic nitrogens is 2. The molecule has 1 aromatic rings. The third-order valence-corrected chi connectivity index (χ3v) is 7.53. The Bertz CT molecular complexity index is 748. The highest BCUT2D eigenvalue weighted by Crippen LogP contribution is 2.51. The van der Waals surface area contributed by atoms with Gasteiger partial charge < -0.3 is 37.0 Å². The standard InChI is InChI=1S/C22H42N2O10P2/c1-17(2)31-35(25,32-18(3)4)15-27-9-11-29-21-13-22(24-14-23-21)30-12-10-28-16-36(26,33-19(5)6)34-20(7)8/h13-14,17-20H,9-12,15-16H2,1-8H3. The van der Waals surface area contributed by atoms with Gasteiger partial charge in [-0.25, -0.2) is 9.97 Å². The van der Waals surface area contributed by atoms with Crippen LogP contribution in [0.2, 0.25) is 0 Å². The van der Waals surface area contributed by atoms with Crippen molar-refractivity contribution in [2.75, 3.05) is 39.1 Å². The van der Waals surface area contributed by atoms with Crippen LogP contribution in [0, 0.1) is 0 Å². The molecule has 1 aromatic heterocycles. The van der Waals surface area contributed by atoms with Crippen molar-refractivity contribution in [1.29, 1.82) is 0 Å². The van der Waals surface area contributed by atoms with E-state index in [1.165, 1.54) is 12.4 Å². The van der Waals surface area contributed by atoms with E-state index >= 15 is 0 Å². The van der Waals surface area contributed by atoms with Crippen LogP contribution in [0.4, 0.5) is 0 Å². The van der Waals surface area contributed by atoms with Crippen molar-refractivity contribution >= 4 is 15.2 Å². The van der Waals surface area contributed by atoms with Gasteiger partial charge in [0.1, 0.15) is 32.2 Å². The summed E-state index contributed by atoms with van der Waals surface area (Å²) in [5, 5.41) is 0. The van der Waals surface area contributed by atoms with Gasteiger partial charge in [0.25, 0.3) is 0 Å². The predicted molar refractivity (Wildman–Crippen MR) is 135 cm³/mol. The van der Waals surface area contributed by atoms with Gasteiger partial charge in [-0.05, 0) is 55.4 Å². The molecule has 0 spiro atoms. The first-order valence-electron chi connectivity index (χ1n) is 12.0. The smallest absolute Gasteiger partial charge is 0.356 e. The molecule has 0 bridgehead atoms. The fourth-order valence-corrected chi connectivity index (χ4v) is 6.32. The second kappa shape index (κ2) is 16.7. The zero-order chi connectivity index (χ0) is 27.2. The zero-order valence-corrected chi connectivity index (χ0v) is 24.4. The Morgan fingerprint density at radius 1 is 0.611 bits per heavy atom. The minimum atomic E-state index is -3.36. The Labute approximate surface area is 214 Å². The Hall–Kier alpha value is -1.10. The molecule has 0 radical (unpaired) electrons. The Morgan fingerprint density at radius 2 is 0.944 bits per heavy atom. The lowest BCUT2D eigenvalue weighted by Gasteiger charge is -2.22. The molecule has 0 aliphatic heterocycles. The van der Waals surface area contributed by atoms with E-state index in [-0.39, 0.29) is 75.3 Å². The minimum Gasteiger partial charge on any atom is -0.475 e. The summed E-state index contributed by atoms with van der Waals surface area (Å²) in [4.78, 5) is 8.04. The van der Waals surface area contributed by atoms with Crippen molar-refractivity contribution < 1.29 is 46.2 Å². The first kappa shape index (κ1) is 32.9. The summed E-state index contributed by atoms with van der Waals surface area (Å²) in [5.41, 5.74) is 0. The predicted octanol–water partition coefficient (Wildman–Crippen LogP) is 5.27. The molecule has 12 nitrogen and oxygen atoms in total. The molecule has 0 saturated heterocycles. The lowest BCUT2D eigenvalue weighted by Crippen LogP contribution is -2.14. The monoisotopic (exact) mass is 556 g/mol. The second-order valence-electron chi connectivity index (χ2n) is 8.80. The molecule has 0 aliphatic rings. The van der Waals surface area contributed by atoms with E-state index in [0.717, 1.165) is 0 Å². The van der Waals surface area contributed by atoms with Crippen LogP contribution in [0.3, 0.4) is 0 Å². The summed E-state index contributed by atoms with van der Waals surface area (Å²) in [6.45, 7) is 14.8. The molecule has 36 heavy (non-hydrogen) atoms. The first-order chi connectivity index (χ1) is 16.8. The van der Waals surface area contributed by atoms with Crippen LogP contribution in [0.25, 0.3) is 0 Å². The largest absolute Gasteiger partial charge is 0.475 e. The van der Waals surface area contributed by atoms with Crippen LogP contribution in [0.5, 0.6) is 11.8 Å². The molecule has 0 amide bonds. The zero-order valence-electron chi connectivity index (χ0n) is 22.6. The molecule has 0 aromatic carbocycles. The molecule has 0 atom stereocenters. The quantitative estimate of drug-likeness (QED) is 0.153. The van der Waals surface area contributed by atoms with Crippen molar-refractivity contribution in [3.63, 3.8) is 0 Å². The Morgan fingerprint density at radius 3 is 1.25 bits per heavy atom. The van der Waals surface area contributed by atoms with Crippen molar-refractivity contribution in [2.24, 2.45) is 0 Å². The van der Waals surface area contributed by atoms with E-state index in [1.807, 2.05) is 0 Å². The number of hydrogen-bond donors (Lipinski definition) is 0. The summed E-state index contributed by atoms with van der Waals surface area (Å²) in [5.74, 6) is 0.564. The summed E-state index contributed by atoms with van der Waals surface area (Å²) in [7, 11) is -6.73. The maximum atomic E-state index is 12.7. The van der Waals surface area contributed by atoms with Crippen LogP contribution in [-0.4, -0.2) is 73.5 Å². The van der Waals surface area contributed by atoms with Gasteiger partial charge in [-0.2, -0.15) is 0 Å². The molecule has 0 aliphatic carbocycles. The molecule has 0 saturated carbocycles. The van der Waals surface area contributed by atoms with E-state index in [9.17, 15) is 9.13 Å². The number of hydrogen-bond acceptors (Lipinski definition) is 12. The van der Waals surface area contributed by atoms with Gasteiger partial charge in [-0.3, -0.25) is 9.13 Å². The minimum absolute atomic E-state index is 0.151. The first-order valence-corrected chi connectivity index (χ1v) is 15.4. The van der Waals surface area contributed by atoms with Crippen LogP contribution in [0.1, 0.15) is 55.4 Å². The summed E-state index contributed by atoms with van der Waals surface area (Å²) < 4.78 is 69.1. The molecule has 14 heteroatoms. The normalized spacial score (nSPS) is 12.8. The van der Waals surface area contributed by atoms with Crippen molar-refractivity contribution in [3.8, 4) is 11.8 Å². The van der Waals surface area contributed by atoms with E-state index < -0.39 is 15.2 Å². The van der Waals surface area contributed by atoms with E-state index in [1.54, 1.807) is 55.4 Å². The summed E-state index contributed by atoms with van der Waals surface area (Å²) in [6.07, 6.45) is -0.0915. The van der Waals surface area contributed by atoms with Crippen LogP contribution in [-0.2, 0) is 36.7 Å². The topological polar surface area (TPSA) is 134 Å². The van der Waals surface area contributed by atoms with Gasteiger partial charge in [0, 0.05) is 0 Å². The van der Waals surface area contributed by atoms with Crippen molar-refractivity contribution in [1.82, 2.24) is 9.97 Å². The average molecular weight is 557 g/mol. The van der Waals surface area contributed by atoms with Gasteiger partial charge in [-0.15, -0.1) is 0 Å². The maximum Gasteiger partial charge on any atom is 0.356 e. The van der Waals surface area contributed by atoms with Gasteiger partial charge in [0.2, 0.25) is 11.8 Å². The fraction of sp³-hybridized carbons (Fsp3) is 0.818. The average Bonchev–Trinajstić information content (AvgIpc) is 2.71. The number of nitrogens with zero attached hydrogens (tertiary/aromatic N) is 2. The lowest BCUT2D eigenvalue weighted by atomic mass is 10.5. The van der Waals surface area contributed by atoms with Gasteiger partial charge in [-0.1, -0.05) is 0 Å². The van der Waals surface area contributed by atoms with Crippen LogP contribution >= 0.6 is 15.2 Å². The van der Waals surface area contributed by atoms with E-state index in [2.05, 4.69) is 9.97 Å². The number of rotatable bonds is 20. The third-order valence-electron chi connectivity index (χ3n) is 3.56. The summed E-state index contributed by atoms with van der Waals surface area (Å²) >= 11 is 0. The van der Waals surface area contributed by atoms with Crippen molar-refractivity contribution in [3.05, 3.63) is 12.4 Å². The van der Waals surface area contributed by atoms with Crippen LogP contribution < -0.4 is 9.47 Å². The molecule has 0 fully saturated rings. The highest BCUT2D eigenvalue weighted by Gasteiger charge is 2.29. The van der Waals surface area contributed by atoms with Crippen molar-refractivity contribution in [2.45, 2.75) is 79.8 Å². The van der Waals surface area contributed by atoms with Crippen LogP contribution in [0.15, 0.2) is 12.4 Å². The number of ether oxygens (including phenoxy) is 4. The Balaban J connectivity index is 2.39. The maximum absolute atomic E-state index is 12.7. The molecule has 0 unspecified atom stereocenters. The van der Waals surface area contributed by atoms with E-state index in [0.29, 0.717) is 0 Å². The molecular formula is C22H42N2O10P2.